The van der Waals surface area contributed by atoms with Crippen molar-refractivity contribution in [1.29, 1.82) is 0 Å². The normalized spacial score (nSPS) is 17.9. The molecule has 1 N–H and O–H groups in total. The van der Waals surface area contributed by atoms with Crippen LogP contribution in [0.1, 0.15) is 33.6 Å². The standard InChI is InChI=1S/C21H27N5O2/c1-20(2,3)25-11-9-21(28,10-12-25)13-24-14-23-18-17(19(24)27)22-15-26(18)16-7-5-4-6-8-16/h4-8,14-15,28H,9-13H2,1-3H3. The van der Waals surface area contributed by atoms with Crippen molar-refractivity contribution in [2.45, 2.75) is 51.3 Å². The third kappa shape index (κ3) is 3.47. The molecular weight excluding hydrogens is 354 g/mol. The van der Waals surface area contributed by atoms with Crippen molar-refractivity contribution < 1.29 is 5.11 Å². The Kier molecular flexibility index (Phi) is 4.59. The number of rotatable bonds is 3. The fraction of sp³-hybridized carbons (Fsp3) is 0.476. The molecule has 3 heterocycles. The smallest absolute Gasteiger partial charge is 0.281 e. The van der Waals surface area contributed by atoms with Gasteiger partial charge >= 0.3 is 0 Å². The van der Waals surface area contributed by atoms with E-state index in [4.69, 9.17) is 0 Å². The van der Waals surface area contributed by atoms with Crippen LogP contribution in [0.5, 0.6) is 0 Å². The highest BCUT2D eigenvalue weighted by Gasteiger charge is 2.36. The van der Waals surface area contributed by atoms with Crippen LogP contribution in [0.15, 0.2) is 47.8 Å². The molecule has 1 aliphatic rings. The van der Waals surface area contributed by atoms with Gasteiger partial charge in [0.25, 0.3) is 5.56 Å². The minimum absolute atomic E-state index is 0.0862. The zero-order valence-electron chi connectivity index (χ0n) is 16.7. The number of aliphatic hydroxyl groups is 1. The third-order valence-electron chi connectivity index (χ3n) is 5.67. The van der Waals surface area contributed by atoms with Gasteiger partial charge in [-0.15, -0.1) is 0 Å². The van der Waals surface area contributed by atoms with E-state index >= 15 is 0 Å². The number of imidazole rings is 1. The maximum atomic E-state index is 12.9. The zero-order chi connectivity index (χ0) is 19.9. The van der Waals surface area contributed by atoms with Crippen LogP contribution in [-0.2, 0) is 6.54 Å². The highest BCUT2D eigenvalue weighted by molar-refractivity contribution is 5.71. The number of fused-ring (bicyclic) bond motifs is 1. The quantitative estimate of drug-likeness (QED) is 0.753. The first-order valence-electron chi connectivity index (χ1n) is 9.72. The van der Waals surface area contributed by atoms with Crippen LogP contribution in [0.4, 0.5) is 0 Å². The van der Waals surface area contributed by atoms with E-state index in [1.54, 1.807) is 10.9 Å². The molecule has 0 amide bonds. The third-order valence-corrected chi connectivity index (χ3v) is 5.67. The summed E-state index contributed by atoms with van der Waals surface area (Å²) in [4.78, 5) is 24.1. The van der Waals surface area contributed by atoms with Crippen LogP contribution in [0.25, 0.3) is 16.9 Å². The Morgan fingerprint density at radius 2 is 1.75 bits per heavy atom. The van der Waals surface area contributed by atoms with Crippen molar-refractivity contribution in [2.24, 2.45) is 0 Å². The van der Waals surface area contributed by atoms with Gasteiger partial charge in [-0.25, -0.2) is 9.97 Å². The lowest BCUT2D eigenvalue weighted by Gasteiger charge is -2.44. The summed E-state index contributed by atoms with van der Waals surface area (Å²) < 4.78 is 3.30. The van der Waals surface area contributed by atoms with Gasteiger partial charge in [-0.1, -0.05) is 18.2 Å². The van der Waals surface area contributed by atoms with Crippen LogP contribution in [0.2, 0.25) is 0 Å². The number of hydrogen-bond acceptors (Lipinski definition) is 5. The zero-order valence-corrected chi connectivity index (χ0v) is 16.7. The number of piperidine rings is 1. The minimum Gasteiger partial charge on any atom is -0.388 e. The molecule has 0 aliphatic carbocycles. The number of benzene rings is 1. The Morgan fingerprint density at radius 3 is 2.39 bits per heavy atom. The molecule has 1 aliphatic heterocycles. The molecule has 148 valence electrons. The molecule has 1 fully saturated rings. The number of para-hydroxylation sites is 1. The molecule has 0 spiro atoms. The van der Waals surface area contributed by atoms with Crippen molar-refractivity contribution in [3.63, 3.8) is 0 Å². The van der Waals surface area contributed by atoms with Crippen molar-refractivity contribution >= 4 is 11.2 Å². The predicted octanol–water partition coefficient (Wildman–Crippen LogP) is 2.21. The highest BCUT2D eigenvalue weighted by Crippen LogP contribution is 2.28. The Balaban J connectivity index is 1.59. The first-order chi connectivity index (χ1) is 13.3. The van der Waals surface area contributed by atoms with E-state index in [0.29, 0.717) is 24.0 Å². The number of hydrogen-bond donors (Lipinski definition) is 1. The van der Waals surface area contributed by atoms with E-state index < -0.39 is 5.60 Å². The molecule has 3 aromatic rings. The molecule has 7 heteroatoms. The molecule has 0 bridgehead atoms. The van der Waals surface area contributed by atoms with Crippen LogP contribution in [0.3, 0.4) is 0 Å². The van der Waals surface area contributed by atoms with Gasteiger partial charge in [0.15, 0.2) is 11.2 Å². The highest BCUT2D eigenvalue weighted by atomic mass is 16.3. The van der Waals surface area contributed by atoms with Crippen LogP contribution in [0, 0.1) is 0 Å². The van der Waals surface area contributed by atoms with Crippen LogP contribution in [-0.4, -0.2) is 53.3 Å². The Labute approximate surface area is 164 Å². The largest absolute Gasteiger partial charge is 0.388 e. The first kappa shape index (κ1) is 18.8. The van der Waals surface area contributed by atoms with Gasteiger partial charge < -0.3 is 5.11 Å². The van der Waals surface area contributed by atoms with E-state index in [9.17, 15) is 9.90 Å². The molecule has 7 nitrogen and oxygen atoms in total. The Hall–Kier alpha value is -2.51. The van der Waals surface area contributed by atoms with Gasteiger partial charge in [0, 0.05) is 24.3 Å². The van der Waals surface area contributed by atoms with Crippen LogP contribution >= 0.6 is 0 Å². The summed E-state index contributed by atoms with van der Waals surface area (Å²) in [6, 6.07) is 9.69. The van der Waals surface area contributed by atoms with Gasteiger partial charge in [-0.05, 0) is 45.7 Å². The van der Waals surface area contributed by atoms with E-state index in [2.05, 4.69) is 35.6 Å². The molecular formula is C21H27N5O2. The molecule has 2 aromatic heterocycles. The summed E-state index contributed by atoms with van der Waals surface area (Å²) in [7, 11) is 0. The topological polar surface area (TPSA) is 76.2 Å². The molecule has 0 saturated carbocycles. The molecule has 0 radical (unpaired) electrons. The maximum absolute atomic E-state index is 12.9. The Bertz CT molecular complexity index is 1020. The van der Waals surface area contributed by atoms with Gasteiger partial charge in [-0.2, -0.15) is 0 Å². The second-order valence-electron chi connectivity index (χ2n) is 8.68. The van der Waals surface area contributed by atoms with Gasteiger partial charge in [-0.3, -0.25) is 18.8 Å². The van der Waals surface area contributed by atoms with Crippen molar-refractivity contribution in [3.8, 4) is 5.69 Å². The fourth-order valence-corrected chi connectivity index (χ4v) is 3.89. The summed E-state index contributed by atoms with van der Waals surface area (Å²) in [6.07, 6.45) is 4.41. The summed E-state index contributed by atoms with van der Waals surface area (Å²) >= 11 is 0. The van der Waals surface area contributed by atoms with E-state index in [-0.39, 0.29) is 17.6 Å². The van der Waals surface area contributed by atoms with E-state index in [1.807, 2.05) is 30.3 Å². The fourth-order valence-electron chi connectivity index (χ4n) is 3.89. The maximum Gasteiger partial charge on any atom is 0.281 e. The lowest BCUT2D eigenvalue weighted by atomic mass is 9.88. The lowest BCUT2D eigenvalue weighted by molar-refractivity contribution is -0.0528. The van der Waals surface area contributed by atoms with Gasteiger partial charge in [0.2, 0.25) is 0 Å². The summed E-state index contributed by atoms with van der Waals surface area (Å²) in [5, 5.41) is 11.0. The molecule has 1 saturated heterocycles. The second-order valence-corrected chi connectivity index (χ2v) is 8.68. The monoisotopic (exact) mass is 381 g/mol. The van der Waals surface area contributed by atoms with Crippen LogP contribution < -0.4 is 5.56 Å². The molecule has 28 heavy (non-hydrogen) atoms. The van der Waals surface area contributed by atoms with E-state index in [0.717, 1.165) is 18.8 Å². The van der Waals surface area contributed by atoms with Crippen molar-refractivity contribution in [2.75, 3.05) is 13.1 Å². The molecule has 1 aromatic carbocycles. The average Bonchev–Trinajstić information content (AvgIpc) is 3.09. The lowest BCUT2D eigenvalue weighted by Crippen LogP contribution is -2.53. The SMILES string of the molecule is CC(C)(C)N1CCC(O)(Cn2cnc3c(ncn3-c3ccccc3)c2=O)CC1. The summed E-state index contributed by atoms with van der Waals surface area (Å²) in [5.74, 6) is 0. The number of likely N-dealkylation sites (tertiary alicyclic amines) is 1. The minimum atomic E-state index is -0.900. The Morgan fingerprint density at radius 1 is 1.07 bits per heavy atom. The summed E-state index contributed by atoms with van der Waals surface area (Å²) in [5.41, 5.74) is 0.726. The van der Waals surface area contributed by atoms with Gasteiger partial charge in [0.1, 0.15) is 12.7 Å². The number of nitrogens with zero attached hydrogens (tertiary/aromatic N) is 5. The second kappa shape index (κ2) is 6.83. The van der Waals surface area contributed by atoms with E-state index in [1.165, 1.54) is 10.9 Å². The molecule has 4 rings (SSSR count). The molecule has 0 atom stereocenters. The van der Waals surface area contributed by atoms with Crippen molar-refractivity contribution in [1.82, 2.24) is 24.0 Å². The average molecular weight is 381 g/mol. The first-order valence-corrected chi connectivity index (χ1v) is 9.72. The predicted molar refractivity (Wildman–Crippen MR) is 109 cm³/mol. The molecule has 0 unspecified atom stereocenters. The summed E-state index contributed by atoms with van der Waals surface area (Å²) in [6.45, 7) is 8.42. The van der Waals surface area contributed by atoms with Crippen molar-refractivity contribution in [3.05, 3.63) is 53.3 Å². The van der Waals surface area contributed by atoms with Gasteiger partial charge in [0.05, 0.1) is 12.1 Å². The number of aromatic nitrogens is 4.